The number of hydrogen-bond acceptors (Lipinski definition) is 2. The third-order valence-corrected chi connectivity index (χ3v) is 2.91. The van der Waals surface area contributed by atoms with Crippen molar-refractivity contribution in [2.24, 2.45) is 5.92 Å². The molecule has 1 rings (SSSR count). The maximum Gasteiger partial charge on any atom is 0.141 e. The Labute approximate surface area is 97.3 Å². The van der Waals surface area contributed by atoms with Crippen LogP contribution in [0.2, 0.25) is 0 Å². The largest absolute Gasteiger partial charge is 0.310 e. The van der Waals surface area contributed by atoms with Crippen LogP contribution < -0.4 is 5.32 Å². The summed E-state index contributed by atoms with van der Waals surface area (Å²) in [4.78, 5) is 3.91. The molecule has 1 aromatic heterocycles. The molecule has 1 N–H and O–H groups in total. The maximum absolute atomic E-state index is 13.1. The van der Waals surface area contributed by atoms with E-state index < -0.39 is 0 Å². The molecular weight excluding hydrogens is 203 g/mol. The number of halogens is 1. The van der Waals surface area contributed by atoms with Gasteiger partial charge in [-0.1, -0.05) is 27.2 Å². The van der Waals surface area contributed by atoms with Gasteiger partial charge in [0.2, 0.25) is 0 Å². The minimum atomic E-state index is -0.260. The van der Waals surface area contributed by atoms with Crippen molar-refractivity contribution >= 4 is 0 Å². The predicted molar refractivity (Wildman–Crippen MR) is 64.7 cm³/mol. The summed E-state index contributed by atoms with van der Waals surface area (Å²) >= 11 is 0. The van der Waals surface area contributed by atoms with Gasteiger partial charge in [-0.15, -0.1) is 0 Å². The molecule has 0 spiro atoms. The summed E-state index contributed by atoms with van der Waals surface area (Å²) in [7, 11) is 0. The molecule has 2 unspecified atom stereocenters. The van der Waals surface area contributed by atoms with E-state index in [2.05, 4.69) is 31.1 Å². The summed E-state index contributed by atoms with van der Waals surface area (Å²) in [5, 5.41) is 3.38. The van der Waals surface area contributed by atoms with E-state index in [9.17, 15) is 4.39 Å². The molecule has 3 heteroatoms. The zero-order valence-corrected chi connectivity index (χ0v) is 10.3. The predicted octanol–water partition coefficient (Wildman–Crippen LogP) is 3.31. The number of aromatic nitrogens is 1. The molecule has 2 atom stereocenters. The van der Waals surface area contributed by atoms with Crippen molar-refractivity contribution in [2.75, 3.05) is 6.54 Å². The summed E-state index contributed by atoms with van der Waals surface area (Å²) in [5.41, 5.74) is 0.946. The number of rotatable bonds is 6. The van der Waals surface area contributed by atoms with Crippen LogP contribution in [0.25, 0.3) is 0 Å². The molecular formula is C13H21FN2. The second-order valence-corrected chi connectivity index (χ2v) is 4.30. The van der Waals surface area contributed by atoms with Crippen LogP contribution in [-0.2, 0) is 0 Å². The Bertz CT molecular complexity index is 315. The number of hydrogen-bond donors (Lipinski definition) is 1. The lowest BCUT2D eigenvalue weighted by atomic mass is 9.95. The minimum absolute atomic E-state index is 0.211. The van der Waals surface area contributed by atoms with Crippen LogP contribution in [-0.4, -0.2) is 11.5 Å². The Morgan fingerprint density at radius 3 is 2.69 bits per heavy atom. The fourth-order valence-corrected chi connectivity index (χ4v) is 1.77. The Hall–Kier alpha value is -0.960. The highest BCUT2D eigenvalue weighted by atomic mass is 19.1. The first-order valence-electron chi connectivity index (χ1n) is 6.01. The van der Waals surface area contributed by atoms with E-state index in [1.807, 2.05) is 0 Å². The van der Waals surface area contributed by atoms with Gasteiger partial charge in [0, 0.05) is 12.2 Å². The molecule has 0 bridgehead atoms. The zero-order chi connectivity index (χ0) is 12.0. The van der Waals surface area contributed by atoms with Gasteiger partial charge in [-0.25, -0.2) is 4.39 Å². The third-order valence-electron chi connectivity index (χ3n) is 2.91. The second-order valence-electron chi connectivity index (χ2n) is 4.30. The van der Waals surface area contributed by atoms with Crippen molar-refractivity contribution < 1.29 is 4.39 Å². The van der Waals surface area contributed by atoms with Crippen LogP contribution in [0, 0.1) is 11.7 Å². The molecule has 0 saturated carbocycles. The van der Waals surface area contributed by atoms with E-state index >= 15 is 0 Å². The molecule has 16 heavy (non-hydrogen) atoms. The number of nitrogens with one attached hydrogen (secondary N) is 1. The Balaban J connectivity index is 2.76. The van der Waals surface area contributed by atoms with Gasteiger partial charge in [-0.2, -0.15) is 0 Å². The second kappa shape index (κ2) is 6.59. The molecule has 90 valence electrons. The van der Waals surface area contributed by atoms with Gasteiger partial charge in [0.1, 0.15) is 5.82 Å². The van der Waals surface area contributed by atoms with Gasteiger partial charge in [-0.3, -0.25) is 4.98 Å². The average molecular weight is 224 g/mol. The molecule has 0 aromatic carbocycles. The van der Waals surface area contributed by atoms with Crippen molar-refractivity contribution in [2.45, 2.75) is 39.7 Å². The molecule has 0 saturated heterocycles. The van der Waals surface area contributed by atoms with Crippen molar-refractivity contribution in [1.29, 1.82) is 0 Å². The molecule has 2 nitrogen and oxygen atoms in total. The quantitative estimate of drug-likeness (QED) is 0.802. The molecule has 1 heterocycles. The zero-order valence-electron chi connectivity index (χ0n) is 10.3. The third kappa shape index (κ3) is 3.89. The van der Waals surface area contributed by atoms with E-state index in [-0.39, 0.29) is 11.9 Å². The van der Waals surface area contributed by atoms with Gasteiger partial charge < -0.3 is 5.32 Å². The molecule has 0 aliphatic heterocycles. The van der Waals surface area contributed by atoms with Crippen LogP contribution in [0.3, 0.4) is 0 Å². The fraction of sp³-hybridized carbons (Fsp3) is 0.615. The van der Waals surface area contributed by atoms with Gasteiger partial charge in [0.25, 0.3) is 0 Å². The summed E-state index contributed by atoms with van der Waals surface area (Å²) in [5.74, 6) is 0.372. The highest BCUT2D eigenvalue weighted by Gasteiger charge is 2.14. The first kappa shape index (κ1) is 13.1. The van der Waals surface area contributed by atoms with Crippen LogP contribution in [0.15, 0.2) is 18.5 Å². The first-order chi connectivity index (χ1) is 7.67. The van der Waals surface area contributed by atoms with Gasteiger partial charge in [-0.05, 0) is 30.5 Å². The highest BCUT2D eigenvalue weighted by Crippen LogP contribution is 2.22. The van der Waals surface area contributed by atoms with Crippen molar-refractivity contribution in [3.05, 3.63) is 29.8 Å². The Morgan fingerprint density at radius 1 is 1.38 bits per heavy atom. The Morgan fingerprint density at radius 2 is 2.12 bits per heavy atom. The molecule has 0 aliphatic rings. The lowest BCUT2D eigenvalue weighted by Gasteiger charge is -2.21. The molecule has 1 aromatic rings. The monoisotopic (exact) mass is 224 g/mol. The molecule has 0 aliphatic carbocycles. The van der Waals surface area contributed by atoms with Crippen LogP contribution >= 0.6 is 0 Å². The summed E-state index contributed by atoms with van der Waals surface area (Å²) in [6, 6.07) is 1.78. The number of nitrogens with zero attached hydrogens (tertiary/aromatic N) is 1. The van der Waals surface area contributed by atoms with E-state index in [1.54, 1.807) is 12.3 Å². The van der Waals surface area contributed by atoms with Gasteiger partial charge in [0.15, 0.2) is 0 Å². The fourth-order valence-electron chi connectivity index (χ4n) is 1.77. The maximum atomic E-state index is 13.1. The smallest absolute Gasteiger partial charge is 0.141 e. The Kier molecular flexibility index (Phi) is 5.39. The highest BCUT2D eigenvalue weighted by molar-refractivity contribution is 5.15. The van der Waals surface area contributed by atoms with Crippen LogP contribution in [0.5, 0.6) is 0 Å². The molecule has 0 amide bonds. The number of pyridine rings is 1. The van der Waals surface area contributed by atoms with Crippen molar-refractivity contribution in [3.63, 3.8) is 0 Å². The minimum Gasteiger partial charge on any atom is -0.310 e. The van der Waals surface area contributed by atoms with E-state index in [0.717, 1.165) is 24.9 Å². The lowest BCUT2D eigenvalue weighted by Crippen LogP contribution is -2.23. The average Bonchev–Trinajstić information content (AvgIpc) is 2.28. The topological polar surface area (TPSA) is 24.9 Å². The standard InChI is InChI=1S/C13H21FN2/c1-4-10(3)6-13(16-5-2)11-7-12(14)9-15-8-11/h7-10,13,16H,4-6H2,1-3H3. The van der Waals surface area contributed by atoms with E-state index in [4.69, 9.17) is 0 Å². The van der Waals surface area contributed by atoms with E-state index in [0.29, 0.717) is 5.92 Å². The van der Waals surface area contributed by atoms with Crippen molar-refractivity contribution in [1.82, 2.24) is 10.3 Å². The summed E-state index contributed by atoms with van der Waals surface area (Å²) < 4.78 is 13.1. The van der Waals surface area contributed by atoms with Gasteiger partial charge >= 0.3 is 0 Å². The first-order valence-corrected chi connectivity index (χ1v) is 6.01. The summed E-state index contributed by atoms with van der Waals surface area (Å²) in [6.45, 7) is 7.35. The van der Waals surface area contributed by atoms with Gasteiger partial charge in [0.05, 0.1) is 6.20 Å². The van der Waals surface area contributed by atoms with Crippen molar-refractivity contribution in [3.8, 4) is 0 Å². The van der Waals surface area contributed by atoms with Crippen LogP contribution in [0.4, 0.5) is 4.39 Å². The summed E-state index contributed by atoms with van der Waals surface area (Å²) in [6.07, 6.45) is 5.16. The molecule has 0 fully saturated rings. The normalized spacial score (nSPS) is 14.8. The van der Waals surface area contributed by atoms with Crippen LogP contribution in [0.1, 0.15) is 45.2 Å². The molecule has 0 radical (unpaired) electrons. The lowest BCUT2D eigenvalue weighted by molar-refractivity contribution is 0.406. The SMILES string of the molecule is CCNC(CC(C)CC)c1cncc(F)c1. The van der Waals surface area contributed by atoms with E-state index in [1.165, 1.54) is 6.20 Å².